The number of nitrogens with zero attached hydrogens (tertiary/aromatic N) is 3. The molecule has 0 unspecified atom stereocenters. The average Bonchev–Trinajstić information content (AvgIpc) is 2.98. The summed E-state index contributed by atoms with van der Waals surface area (Å²) in [5, 5.41) is 9.66. The second kappa shape index (κ2) is 6.89. The number of rotatable bonds is 7. The first-order chi connectivity index (χ1) is 9.88. The molecule has 21 heavy (non-hydrogen) atoms. The van der Waals surface area contributed by atoms with E-state index >= 15 is 0 Å². The fourth-order valence-corrected chi connectivity index (χ4v) is 3.78. The first-order valence-corrected chi connectivity index (χ1v) is 9.96. The topological polar surface area (TPSA) is 64.8 Å². The summed E-state index contributed by atoms with van der Waals surface area (Å²) in [6.45, 7) is 4.57. The second-order valence-electron chi connectivity index (χ2n) is 5.27. The van der Waals surface area contributed by atoms with Crippen LogP contribution in [0, 0.1) is 5.92 Å². The molecule has 0 spiro atoms. The molecule has 116 valence electrons. The Kier molecular flexibility index (Phi) is 5.40. The van der Waals surface area contributed by atoms with Crippen LogP contribution < -0.4 is 0 Å². The summed E-state index contributed by atoms with van der Waals surface area (Å²) in [5.41, 5.74) is 0. The number of hydrogen-bond acceptors (Lipinski definition) is 5. The summed E-state index contributed by atoms with van der Waals surface area (Å²) in [7, 11) is 1.56. The molecule has 0 saturated carbocycles. The van der Waals surface area contributed by atoms with E-state index in [1.54, 1.807) is 15.9 Å². The van der Waals surface area contributed by atoms with Gasteiger partial charge in [0, 0.05) is 28.5 Å². The third-order valence-corrected chi connectivity index (χ3v) is 5.05. The highest BCUT2D eigenvalue weighted by Gasteiger charge is 2.22. The van der Waals surface area contributed by atoms with Gasteiger partial charge in [0.15, 0.2) is 0 Å². The Labute approximate surface area is 133 Å². The van der Waals surface area contributed by atoms with Gasteiger partial charge in [-0.15, -0.1) is 21.5 Å². The molecule has 0 aliphatic carbocycles. The van der Waals surface area contributed by atoms with Crippen molar-refractivity contribution >= 4 is 31.1 Å². The first kappa shape index (κ1) is 16.5. The maximum Gasteiger partial charge on any atom is 0.296 e. The zero-order chi connectivity index (χ0) is 15.5. The molecule has 0 aromatic carbocycles. The Morgan fingerprint density at radius 2 is 2.10 bits per heavy atom. The third kappa shape index (κ3) is 4.52. The van der Waals surface area contributed by atoms with Crippen LogP contribution in [0.2, 0.25) is 0 Å². The molecule has 2 heterocycles. The van der Waals surface area contributed by atoms with E-state index in [9.17, 15) is 8.42 Å². The standard InChI is InChI=1S/C13H18ClN3O2S2/c1-10(2)9-17-12(15-16-13(17)21(14,18)19)7-3-5-11-6-4-8-20-11/h4,6,8,10H,3,5,7,9H2,1-2H3. The molecule has 0 fully saturated rings. The average molecular weight is 348 g/mol. The van der Waals surface area contributed by atoms with Gasteiger partial charge in [0.25, 0.3) is 14.2 Å². The summed E-state index contributed by atoms with van der Waals surface area (Å²) in [6, 6.07) is 4.12. The highest BCUT2D eigenvalue weighted by Crippen LogP contribution is 2.18. The van der Waals surface area contributed by atoms with Gasteiger partial charge < -0.3 is 4.57 Å². The Balaban J connectivity index is 2.13. The van der Waals surface area contributed by atoms with E-state index in [-0.39, 0.29) is 11.1 Å². The number of halogens is 1. The van der Waals surface area contributed by atoms with Gasteiger partial charge in [-0.3, -0.25) is 0 Å². The lowest BCUT2D eigenvalue weighted by molar-refractivity contribution is 0.469. The summed E-state index contributed by atoms with van der Waals surface area (Å²) >= 11 is 1.72. The lowest BCUT2D eigenvalue weighted by Crippen LogP contribution is -2.13. The van der Waals surface area contributed by atoms with Gasteiger partial charge in [0.05, 0.1) is 0 Å². The second-order valence-corrected chi connectivity index (χ2v) is 8.77. The molecule has 0 aliphatic heterocycles. The maximum absolute atomic E-state index is 11.6. The molecule has 5 nitrogen and oxygen atoms in total. The molecule has 8 heteroatoms. The number of aryl methyl sites for hydroxylation is 2. The SMILES string of the molecule is CC(C)Cn1c(CCCc2cccs2)nnc1S(=O)(=O)Cl. The lowest BCUT2D eigenvalue weighted by Gasteiger charge is -2.11. The van der Waals surface area contributed by atoms with Gasteiger partial charge >= 0.3 is 0 Å². The van der Waals surface area contributed by atoms with Crippen molar-refractivity contribution in [2.75, 3.05) is 0 Å². The third-order valence-electron chi connectivity index (χ3n) is 2.96. The predicted octanol–water partition coefficient (Wildman–Crippen LogP) is 3.10. The van der Waals surface area contributed by atoms with Crippen molar-refractivity contribution < 1.29 is 8.42 Å². The molecule has 0 N–H and O–H groups in total. The quantitative estimate of drug-likeness (QED) is 0.722. The first-order valence-electron chi connectivity index (χ1n) is 6.77. The minimum atomic E-state index is -3.86. The van der Waals surface area contributed by atoms with Crippen LogP contribution >= 0.6 is 22.0 Å². The van der Waals surface area contributed by atoms with Gasteiger partial charge in [-0.25, -0.2) is 8.42 Å². The van der Waals surface area contributed by atoms with E-state index in [4.69, 9.17) is 10.7 Å². The van der Waals surface area contributed by atoms with Crippen LogP contribution in [0.3, 0.4) is 0 Å². The predicted molar refractivity (Wildman–Crippen MR) is 84.2 cm³/mol. The summed E-state index contributed by atoms with van der Waals surface area (Å²) in [4.78, 5) is 1.31. The molecule has 2 aromatic rings. The van der Waals surface area contributed by atoms with E-state index < -0.39 is 9.05 Å². The van der Waals surface area contributed by atoms with Crippen LogP contribution in [0.5, 0.6) is 0 Å². The van der Waals surface area contributed by atoms with Gasteiger partial charge in [0.1, 0.15) is 5.82 Å². The molecular formula is C13H18ClN3O2S2. The molecular weight excluding hydrogens is 330 g/mol. The maximum atomic E-state index is 11.6. The van der Waals surface area contributed by atoms with Gasteiger partial charge in [-0.1, -0.05) is 19.9 Å². The van der Waals surface area contributed by atoms with Crippen molar-refractivity contribution in [1.29, 1.82) is 0 Å². The summed E-state index contributed by atoms with van der Waals surface area (Å²) < 4.78 is 24.7. The summed E-state index contributed by atoms with van der Waals surface area (Å²) in [5.74, 6) is 0.966. The van der Waals surface area contributed by atoms with Crippen LogP contribution in [-0.2, 0) is 28.4 Å². The van der Waals surface area contributed by atoms with Crippen molar-refractivity contribution in [3.8, 4) is 0 Å². The van der Waals surface area contributed by atoms with Crippen LogP contribution in [0.4, 0.5) is 0 Å². The number of hydrogen-bond donors (Lipinski definition) is 0. The van der Waals surface area contributed by atoms with Crippen molar-refractivity contribution in [3.05, 3.63) is 28.2 Å². The Morgan fingerprint density at radius 3 is 2.67 bits per heavy atom. The molecule has 0 radical (unpaired) electrons. The van der Waals surface area contributed by atoms with Crippen molar-refractivity contribution in [3.63, 3.8) is 0 Å². The molecule has 0 amide bonds. The lowest BCUT2D eigenvalue weighted by atomic mass is 10.2. The minimum absolute atomic E-state index is 0.149. The van der Waals surface area contributed by atoms with Crippen molar-refractivity contribution in [1.82, 2.24) is 14.8 Å². The normalized spacial score (nSPS) is 12.2. The minimum Gasteiger partial charge on any atom is -0.301 e. The van der Waals surface area contributed by atoms with Crippen molar-refractivity contribution in [2.45, 2.75) is 44.8 Å². The van der Waals surface area contributed by atoms with Crippen molar-refractivity contribution in [2.24, 2.45) is 5.92 Å². The van der Waals surface area contributed by atoms with Crippen LogP contribution in [-0.4, -0.2) is 23.2 Å². The highest BCUT2D eigenvalue weighted by atomic mass is 35.7. The zero-order valence-corrected chi connectivity index (χ0v) is 14.4. The Morgan fingerprint density at radius 1 is 1.33 bits per heavy atom. The Hall–Kier alpha value is -0.920. The molecule has 2 aromatic heterocycles. The van der Waals surface area contributed by atoms with Gasteiger partial charge in [-0.2, -0.15) is 0 Å². The molecule has 0 saturated heterocycles. The molecule has 0 bridgehead atoms. The monoisotopic (exact) mass is 347 g/mol. The van der Waals surface area contributed by atoms with Crippen LogP contribution in [0.25, 0.3) is 0 Å². The van der Waals surface area contributed by atoms with E-state index in [0.717, 1.165) is 12.8 Å². The van der Waals surface area contributed by atoms with E-state index in [1.165, 1.54) is 4.88 Å². The van der Waals surface area contributed by atoms with Gasteiger partial charge in [-0.05, 0) is 30.2 Å². The number of aromatic nitrogens is 3. The fraction of sp³-hybridized carbons (Fsp3) is 0.538. The summed E-state index contributed by atoms with van der Waals surface area (Å²) in [6.07, 6.45) is 2.54. The van der Waals surface area contributed by atoms with Crippen LogP contribution in [0.15, 0.2) is 22.7 Å². The van der Waals surface area contributed by atoms with E-state index in [0.29, 0.717) is 18.8 Å². The van der Waals surface area contributed by atoms with E-state index in [1.807, 2.05) is 19.9 Å². The Bertz CT molecular complexity index is 678. The largest absolute Gasteiger partial charge is 0.301 e. The van der Waals surface area contributed by atoms with Gasteiger partial charge in [0.2, 0.25) is 0 Å². The molecule has 0 aliphatic rings. The molecule has 2 rings (SSSR count). The van der Waals surface area contributed by atoms with Crippen LogP contribution in [0.1, 0.15) is 31.0 Å². The van der Waals surface area contributed by atoms with E-state index in [2.05, 4.69) is 21.6 Å². The highest BCUT2D eigenvalue weighted by molar-refractivity contribution is 8.13. The fourth-order valence-electron chi connectivity index (χ4n) is 2.11. The molecule has 0 atom stereocenters. The zero-order valence-electron chi connectivity index (χ0n) is 12.0. The number of thiophene rings is 1. The smallest absolute Gasteiger partial charge is 0.296 e.